The topological polar surface area (TPSA) is 24.4 Å². The van der Waals surface area contributed by atoms with Crippen LogP contribution < -0.4 is 5.43 Å². The minimum Gasteiger partial charge on any atom is -0.279 e. The lowest BCUT2D eigenvalue weighted by molar-refractivity contribution is 1.35. The van der Waals surface area contributed by atoms with Gasteiger partial charge in [0, 0.05) is 10.6 Å². The summed E-state index contributed by atoms with van der Waals surface area (Å²) in [5.41, 5.74) is 4.99. The average Bonchev–Trinajstić information content (AvgIpc) is 2.49. The van der Waals surface area contributed by atoms with Gasteiger partial charge >= 0.3 is 0 Å². The molecule has 0 aromatic heterocycles. The Labute approximate surface area is 122 Å². The first-order chi connectivity index (χ1) is 9.83. The summed E-state index contributed by atoms with van der Waals surface area (Å²) in [5, 5.41) is 7.39. The second kappa shape index (κ2) is 5.76. The smallest absolute Gasteiger partial charge is 0.0562 e. The van der Waals surface area contributed by atoms with E-state index >= 15 is 0 Å². The van der Waals surface area contributed by atoms with Crippen LogP contribution in [-0.2, 0) is 0 Å². The van der Waals surface area contributed by atoms with Crippen LogP contribution in [0.15, 0.2) is 71.8 Å². The lowest BCUT2D eigenvalue weighted by atomic mass is 10.1. The second-order valence-corrected chi connectivity index (χ2v) is 4.88. The molecule has 0 aliphatic rings. The molecular weight excluding hydrogens is 268 g/mol. The summed E-state index contributed by atoms with van der Waals surface area (Å²) in [5.74, 6) is 0. The quantitative estimate of drug-likeness (QED) is 0.533. The Morgan fingerprint density at radius 2 is 1.60 bits per heavy atom. The molecular formula is C17H13ClN2. The molecule has 0 bridgehead atoms. The molecule has 0 saturated carbocycles. The molecule has 0 spiro atoms. The standard InChI is InChI=1S/C17H13ClN2/c18-15-8-10-16(11-9-15)20-19-12-14-6-3-5-13-4-1-2-7-17(13)14/h1-12,20H. The molecule has 0 radical (unpaired) electrons. The van der Waals surface area contributed by atoms with Crippen molar-refractivity contribution in [3.63, 3.8) is 0 Å². The molecule has 0 amide bonds. The molecule has 3 heteroatoms. The van der Waals surface area contributed by atoms with Gasteiger partial charge in [0.25, 0.3) is 0 Å². The monoisotopic (exact) mass is 280 g/mol. The molecule has 3 rings (SSSR count). The van der Waals surface area contributed by atoms with Gasteiger partial charge in [-0.1, -0.05) is 54.1 Å². The van der Waals surface area contributed by atoms with E-state index in [1.165, 1.54) is 10.8 Å². The number of halogens is 1. The first-order valence-electron chi connectivity index (χ1n) is 6.35. The van der Waals surface area contributed by atoms with Gasteiger partial charge in [0.05, 0.1) is 11.9 Å². The van der Waals surface area contributed by atoms with E-state index in [-0.39, 0.29) is 0 Å². The zero-order chi connectivity index (χ0) is 13.8. The van der Waals surface area contributed by atoms with Gasteiger partial charge in [0.15, 0.2) is 0 Å². The third-order valence-electron chi connectivity index (χ3n) is 3.06. The van der Waals surface area contributed by atoms with Crippen molar-refractivity contribution >= 4 is 34.3 Å². The summed E-state index contributed by atoms with van der Waals surface area (Å²) in [7, 11) is 0. The molecule has 0 aliphatic heterocycles. The van der Waals surface area contributed by atoms with E-state index in [2.05, 4.69) is 34.8 Å². The molecule has 0 unspecified atom stereocenters. The van der Waals surface area contributed by atoms with Crippen LogP contribution in [0.2, 0.25) is 5.02 Å². The molecule has 3 aromatic rings. The van der Waals surface area contributed by atoms with Crippen LogP contribution in [0.3, 0.4) is 0 Å². The van der Waals surface area contributed by atoms with E-state index in [4.69, 9.17) is 11.6 Å². The summed E-state index contributed by atoms with van der Waals surface area (Å²) in [6.45, 7) is 0. The predicted octanol–water partition coefficient (Wildman–Crippen LogP) is 4.94. The summed E-state index contributed by atoms with van der Waals surface area (Å²) in [6.07, 6.45) is 1.83. The molecule has 0 atom stereocenters. The maximum Gasteiger partial charge on any atom is 0.0562 e. The molecule has 3 aromatic carbocycles. The molecule has 0 saturated heterocycles. The Bertz CT molecular complexity index is 743. The Morgan fingerprint density at radius 1 is 0.850 bits per heavy atom. The Morgan fingerprint density at radius 3 is 2.45 bits per heavy atom. The highest BCUT2D eigenvalue weighted by atomic mass is 35.5. The number of hydrazone groups is 1. The first-order valence-corrected chi connectivity index (χ1v) is 6.73. The number of hydrogen-bond donors (Lipinski definition) is 1. The minimum atomic E-state index is 0.716. The van der Waals surface area contributed by atoms with E-state index in [9.17, 15) is 0 Å². The van der Waals surface area contributed by atoms with E-state index < -0.39 is 0 Å². The van der Waals surface area contributed by atoms with Crippen molar-refractivity contribution < 1.29 is 0 Å². The van der Waals surface area contributed by atoms with Crippen LogP contribution in [0.1, 0.15) is 5.56 Å². The highest BCUT2D eigenvalue weighted by Gasteiger charge is 1.96. The maximum absolute atomic E-state index is 5.84. The van der Waals surface area contributed by atoms with Crippen molar-refractivity contribution in [2.24, 2.45) is 5.10 Å². The van der Waals surface area contributed by atoms with Crippen molar-refractivity contribution in [3.05, 3.63) is 77.3 Å². The van der Waals surface area contributed by atoms with Gasteiger partial charge < -0.3 is 0 Å². The Balaban J connectivity index is 1.82. The van der Waals surface area contributed by atoms with E-state index in [1.807, 2.05) is 48.7 Å². The van der Waals surface area contributed by atoms with Gasteiger partial charge in [-0.3, -0.25) is 5.43 Å². The van der Waals surface area contributed by atoms with Crippen LogP contribution in [0, 0.1) is 0 Å². The zero-order valence-electron chi connectivity index (χ0n) is 10.8. The SMILES string of the molecule is Clc1ccc(NN=Cc2cccc3ccccc23)cc1. The van der Waals surface area contributed by atoms with Gasteiger partial charge in [-0.15, -0.1) is 0 Å². The number of nitrogens with zero attached hydrogens (tertiary/aromatic N) is 1. The highest BCUT2D eigenvalue weighted by molar-refractivity contribution is 6.30. The highest BCUT2D eigenvalue weighted by Crippen LogP contribution is 2.17. The normalized spacial score (nSPS) is 11.1. The fourth-order valence-electron chi connectivity index (χ4n) is 2.06. The van der Waals surface area contributed by atoms with E-state index in [0.717, 1.165) is 11.3 Å². The first kappa shape index (κ1) is 12.7. The minimum absolute atomic E-state index is 0.716. The second-order valence-electron chi connectivity index (χ2n) is 4.45. The summed E-state index contributed by atoms with van der Waals surface area (Å²) in [4.78, 5) is 0. The fourth-order valence-corrected chi connectivity index (χ4v) is 2.19. The van der Waals surface area contributed by atoms with Crippen LogP contribution in [0.25, 0.3) is 10.8 Å². The number of anilines is 1. The van der Waals surface area contributed by atoms with Gasteiger partial charge in [0.2, 0.25) is 0 Å². The maximum atomic E-state index is 5.84. The molecule has 0 fully saturated rings. The van der Waals surface area contributed by atoms with Crippen molar-refractivity contribution in [2.75, 3.05) is 5.43 Å². The van der Waals surface area contributed by atoms with Gasteiger partial charge in [0.1, 0.15) is 0 Å². The molecule has 1 N–H and O–H groups in total. The van der Waals surface area contributed by atoms with Crippen molar-refractivity contribution in [1.29, 1.82) is 0 Å². The van der Waals surface area contributed by atoms with Gasteiger partial charge in [-0.05, 0) is 35.0 Å². The number of nitrogens with one attached hydrogen (secondary N) is 1. The lowest BCUT2D eigenvalue weighted by Gasteiger charge is -2.02. The molecule has 2 nitrogen and oxygen atoms in total. The van der Waals surface area contributed by atoms with Crippen LogP contribution >= 0.6 is 11.6 Å². The van der Waals surface area contributed by atoms with Crippen LogP contribution in [0.4, 0.5) is 5.69 Å². The van der Waals surface area contributed by atoms with Crippen molar-refractivity contribution in [3.8, 4) is 0 Å². The van der Waals surface area contributed by atoms with Gasteiger partial charge in [-0.25, -0.2) is 0 Å². The number of benzene rings is 3. The van der Waals surface area contributed by atoms with E-state index in [1.54, 1.807) is 0 Å². The molecule has 0 aliphatic carbocycles. The largest absolute Gasteiger partial charge is 0.279 e. The lowest BCUT2D eigenvalue weighted by Crippen LogP contribution is -1.91. The molecule has 20 heavy (non-hydrogen) atoms. The van der Waals surface area contributed by atoms with Gasteiger partial charge in [-0.2, -0.15) is 5.10 Å². The number of fused-ring (bicyclic) bond motifs is 1. The van der Waals surface area contributed by atoms with Crippen LogP contribution in [0.5, 0.6) is 0 Å². The van der Waals surface area contributed by atoms with Crippen molar-refractivity contribution in [2.45, 2.75) is 0 Å². The number of hydrogen-bond acceptors (Lipinski definition) is 2. The summed E-state index contributed by atoms with van der Waals surface area (Å²) >= 11 is 5.84. The zero-order valence-corrected chi connectivity index (χ0v) is 11.5. The Kier molecular flexibility index (Phi) is 3.66. The summed E-state index contributed by atoms with van der Waals surface area (Å²) < 4.78 is 0. The third-order valence-corrected chi connectivity index (χ3v) is 3.32. The van der Waals surface area contributed by atoms with Crippen LogP contribution in [-0.4, -0.2) is 6.21 Å². The molecule has 0 heterocycles. The Hall–Kier alpha value is -2.32. The number of rotatable bonds is 3. The predicted molar refractivity (Wildman–Crippen MR) is 86.6 cm³/mol. The summed E-state index contributed by atoms with van der Waals surface area (Å²) in [6, 6.07) is 21.9. The average molecular weight is 281 g/mol. The third kappa shape index (κ3) is 2.81. The van der Waals surface area contributed by atoms with E-state index in [0.29, 0.717) is 5.02 Å². The van der Waals surface area contributed by atoms with Crippen molar-refractivity contribution in [1.82, 2.24) is 0 Å². The molecule has 98 valence electrons. The fraction of sp³-hybridized carbons (Fsp3) is 0.